The lowest BCUT2D eigenvalue weighted by Crippen LogP contribution is -2.00. The summed E-state index contributed by atoms with van der Waals surface area (Å²) in [6.45, 7) is 27.3. The van der Waals surface area contributed by atoms with Crippen molar-refractivity contribution < 1.29 is 0 Å². The second kappa shape index (κ2) is 18.0. The van der Waals surface area contributed by atoms with Crippen LogP contribution in [0.4, 0.5) is 0 Å². The molecule has 41 heavy (non-hydrogen) atoms. The summed E-state index contributed by atoms with van der Waals surface area (Å²) < 4.78 is 0. The van der Waals surface area contributed by atoms with E-state index in [1.54, 1.807) is 12.4 Å². The van der Waals surface area contributed by atoms with E-state index < -0.39 is 0 Å². The van der Waals surface area contributed by atoms with Gasteiger partial charge in [-0.15, -0.1) is 0 Å². The number of aryl methyl sites for hydroxylation is 5. The van der Waals surface area contributed by atoms with Crippen molar-refractivity contribution in [3.63, 3.8) is 0 Å². The maximum Gasteiger partial charge on any atom is 0.0641 e. The quantitative estimate of drug-likeness (QED) is 0.249. The fourth-order valence-corrected chi connectivity index (χ4v) is 3.94. The van der Waals surface area contributed by atoms with Crippen molar-refractivity contribution in [2.45, 2.75) is 114 Å². The third-order valence-corrected chi connectivity index (χ3v) is 6.41. The monoisotopic (exact) mass is 556 g/mol. The molecule has 0 fully saturated rings. The Morgan fingerprint density at radius 2 is 1.05 bits per heavy atom. The van der Waals surface area contributed by atoms with Crippen molar-refractivity contribution in [1.82, 2.24) is 30.1 Å². The third-order valence-electron chi connectivity index (χ3n) is 6.41. The SMILES string of the molecule is CC(C)c1ccnnc1.Cc1ccc(C(C)C)c(C)n1.Cc1ccc(C(C)C)cn1.Cc1cnc(C(C)C)c(C)n1. The second-order valence-corrected chi connectivity index (χ2v) is 11.6. The number of aromatic nitrogens is 6. The van der Waals surface area contributed by atoms with Crippen LogP contribution in [0.1, 0.15) is 130 Å². The highest BCUT2D eigenvalue weighted by atomic mass is 15.1. The van der Waals surface area contributed by atoms with Gasteiger partial charge in [-0.25, -0.2) is 0 Å². The molecule has 4 aromatic rings. The van der Waals surface area contributed by atoms with Crippen LogP contribution in [0.5, 0.6) is 0 Å². The lowest BCUT2D eigenvalue weighted by atomic mass is 10.0. The Labute approximate surface area is 249 Å². The Morgan fingerprint density at radius 1 is 0.463 bits per heavy atom. The highest BCUT2D eigenvalue weighted by Crippen LogP contribution is 2.17. The van der Waals surface area contributed by atoms with Gasteiger partial charge in [-0.05, 0) is 93.2 Å². The Kier molecular flexibility index (Phi) is 15.6. The first-order chi connectivity index (χ1) is 19.2. The van der Waals surface area contributed by atoms with Crippen LogP contribution in [-0.2, 0) is 0 Å². The van der Waals surface area contributed by atoms with Gasteiger partial charge in [0.1, 0.15) is 0 Å². The molecule has 0 amide bonds. The zero-order valence-corrected chi connectivity index (χ0v) is 27.7. The predicted molar refractivity (Wildman–Crippen MR) is 173 cm³/mol. The van der Waals surface area contributed by atoms with E-state index in [4.69, 9.17) is 0 Å². The number of hydrogen-bond acceptors (Lipinski definition) is 6. The molecule has 0 unspecified atom stereocenters. The lowest BCUT2D eigenvalue weighted by molar-refractivity contribution is 0.789. The van der Waals surface area contributed by atoms with Gasteiger partial charge in [0, 0.05) is 35.7 Å². The molecule has 0 atom stereocenters. The number of pyridine rings is 2. The zero-order chi connectivity index (χ0) is 31.1. The fraction of sp³-hybridized carbons (Fsp3) is 0.486. The van der Waals surface area contributed by atoms with Gasteiger partial charge in [-0.3, -0.25) is 19.9 Å². The molecular weight excluding hydrogens is 504 g/mol. The molecule has 0 aromatic carbocycles. The van der Waals surface area contributed by atoms with Gasteiger partial charge < -0.3 is 0 Å². The summed E-state index contributed by atoms with van der Waals surface area (Å²) >= 11 is 0. The molecule has 6 nitrogen and oxygen atoms in total. The Morgan fingerprint density at radius 3 is 1.46 bits per heavy atom. The van der Waals surface area contributed by atoms with Crippen molar-refractivity contribution in [1.29, 1.82) is 0 Å². The number of rotatable bonds is 4. The number of nitrogens with zero attached hydrogens (tertiary/aromatic N) is 6. The molecule has 4 aromatic heterocycles. The van der Waals surface area contributed by atoms with Crippen molar-refractivity contribution in [3.8, 4) is 0 Å². The van der Waals surface area contributed by atoms with E-state index in [1.807, 2.05) is 46.2 Å². The average Bonchev–Trinajstić information content (AvgIpc) is 2.90. The van der Waals surface area contributed by atoms with Gasteiger partial charge in [0.25, 0.3) is 0 Å². The van der Waals surface area contributed by atoms with Gasteiger partial charge in [0.05, 0.1) is 23.3 Å². The molecule has 0 radical (unpaired) electrons. The van der Waals surface area contributed by atoms with Gasteiger partial charge in [-0.2, -0.15) is 10.2 Å². The minimum absolute atomic E-state index is 0.475. The van der Waals surface area contributed by atoms with Crippen molar-refractivity contribution in [2.75, 3.05) is 0 Å². The van der Waals surface area contributed by atoms with Gasteiger partial charge in [-0.1, -0.05) is 67.5 Å². The molecule has 4 heterocycles. The molecule has 0 N–H and O–H groups in total. The summed E-state index contributed by atoms with van der Waals surface area (Å²) in [5.41, 5.74) is 10.4. The normalized spacial score (nSPS) is 10.5. The van der Waals surface area contributed by atoms with E-state index in [2.05, 4.69) is 117 Å². The van der Waals surface area contributed by atoms with E-state index in [0.717, 1.165) is 28.5 Å². The van der Waals surface area contributed by atoms with Crippen molar-refractivity contribution >= 4 is 0 Å². The summed E-state index contributed by atoms with van der Waals surface area (Å²) in [7, 11) is 0. The first kappa shape index (κ1) is 35.5. The molecule has 4 rings (SSSR count). The van der Waals surface area contributed by atoms with E-state index >= 15 is 0 Å². The van der Waals surface area contributed by atoms with E-state index in [0.29, 0.717) is 23.7 Å². The fourth-order valence-electron chi connectivity index (χ4n) is 3.94. The molecule has 0 aliphatic carbocycles. The largest absolute Gasteiger partial charge is 0.261 e. The summed E-state index contributed by atoms with van der Waals surface area (Å²) in [6.07, 6.45) is 7.28. The highest BCUT2D eigenvalue weighted by molar-refractivity contribution is 5.24. The molecule has 0 aliphatic heterocycles. The molecule has 0 saturated heterocycles. The summed E-state index contributed by atoms with van der Waals surface area (Å²) in [5, 5.41) is 7.43. The standard InChI is InChI=1S/C10H15N.C9H14N2.C9H13N.C7H10N2/c1-7(2)10-6-5-8(3)11-9(10)4;1-6(2)9-8(4)11-7(3)5-10-9;1-7(2)9-5-4-8(3)10-6-9;1-6(2)7-3-4-8-9-5-7/h5-7H,1-4H3;5-6H,1-4H3;4-7H,1-3H3;3-6H,1-2H3. The molecule has 0 aliphatic rings. The molecule has 0 saturated carbocycles. The Balaban J connectivity index is 0.000000274. The van der Waals surface area contributed by atoms with Gasteiger partial charge in [0.15, 0.2) is 0 Å². The van der Waals surface area contributed by atoms with Crippen LogP contribution in [-0.4, -0.2) is 30.1 Å². The zero-order valence-electron chi connectivity index (χ0n) is 27.7. The van der Waals surface area contributed by atoms with Crippen LogP contribution in [0.15, 0.2) is 55.1 Å². The van der Waals surface area contributed by atoms with Crippen LogP contribution in [0.2, 0.25) is 0 Å². The van der Waals surface area contributed by atoms with Crippen LogP contribution in [0, 0.1) is 34.6 Å². The van der Waals surface area contributed by atoms with Gasteiger partial charge in [0.2, 0.25) is 0 Å². The Bertz CT molecular complexity index is 1220. The molecule has 222 valence electrons. The predicted octanol–water partition coefficient (Wildman–Crippen LogP) is 9.15. The first-order valence-electron chi connectivity index (χ1n) is 14.7. The van der Waals surface area contributed by atoms with E-state index in [1.165, 1.54) is 22.4 Å². The minimum atomic E-state index is 0.475. The Hall–Kier alpha value is -3.54. The van der Waals surface area contributed by atoms with Crippen molar-refractivity contribution in [3.05, 3.63) is 106 Å². The summed E-state index contributed by atoms with van der Waals surface area (Å²) in [5.74, 6) is 2.21. The maximum atomic E-state index is 4.39. The topological polar surface area (TPSA) is 77.3 Å². The number of hydrogen-bond donors (Lipinski definition) is 0. The van der Waals surface area contributed by atoms with E-state index in [-0.39, 0.29) is 0 Å². The first-order valence-corrected chi connectivity index (χ1v) is 14.7. The average molecular weight is 557 g/mol. The molecule has 6 heteroatoms. The molecule has 0 spiro atoms. The minimum Gasteiger partial charge on any atom is -0.261 e. The van der Waals surface area contributed by atoms with Crippen LogP contribution in [0.3, 0.4) is 0 Å². The van der Waals surface area contributed by atoms with Crippen LogP contribution < -0.4 is 0 Å². The summed E-state index contributed by atoms with van der Waals surface area (Å²) in [4.78, 5) is 17.2. The van der Waals surface area contributed by atoms with Gasteiger partial charge >= 0.3 is 0 Å². The molecular formula is C35H52N6. The van der Waals surface area contributed by atoms with Crippen LogP contribution >= 0.6 is 0 Å². The smallest absolute Gasteiger partial charge is 0.0641 e. The van der Waals surface area contributed by atoms with E-state index in [9.17, 15) is 0 Å². The lowest BCUT2D eigenvalue weighted by Gasteiger charge is -2.08. The highest BCUT2D eigenvalue weighted by Gasteiger charge is 2.05. The maximum absolute atomic E-state index is 4.39. The van der Waals surface area contributed by atoms with Crippen molar-refractivity contribution in [2.24, 2.45) is 0 Å². The summed E-state index contributed by atoms with van der Waals surface area (Å²) in [6, 6.07) is 10.4. The van der Waals surface area contributed by atoms with Crippen LogP contribution in [0.25, 0.3) is 0 Å². The molecule has 0 bridgehead atoms. The third kappa shape index (κ3) is 13.6. The second-order valence-electron chi connectivity index (χ2n) is 11.6.